The van der Waals surface area contributed by atoms with Gasteiger partial charge in [0.1, 0.15) is 17.3 Å². The molecular formula is C33H35N5O5S. The zero-order valence-electron chi connectivity index (χ0n) is 25.1. The molecule has 2 aromatic carbocycles. The number of benzene rings is 2. The second-order valence-corrected chi connectivity index (χ2v) is 13.1. The van der Waals surface area contributed by atoms with Crippen molar-refractivity contribution in [2.24, 2.45) is 5.92 Å². The Kier molecular flexibility index (Phi) is 9.25. The van der Waals surface area contributed by atoms with Crippen molar-refractivity contribution in [3.8, 4) is 23.0 Å². The summed E-state index contributed by atoms with van der Waals surface area (Å²) < 4.78 is 35.6. The van der Waals surface area contributed by atoms with Crippen molar-refractivity contribution in [2.45, 2.75) is 38.0 Å². The van der Waals surface area contributed by atoms with Gasteiger partial charge in [0.05, 0.1) is 10.6 Å². The Morgan fingerprint density at radius 2 is 1.89 bits per heavy atom. The minimum absolute atomic E-state index is 0.103. The van der Waals surface area contributed by atoms with E-state index in [2.05, 4.69) is 6.92 Å². The van der Waals surface area contributed by atoms with Crippen LogP contribution in [-0.4, -0.2) is 72.6 Å². The second-order valence-electron chi connectivity index (χ2n) is 11.1. The molecule has 11 heteroatoms. The summed E-state index contributed by atoms with van der Waals surface area (Å²) in [6.07, 6.45) is 5.61. The monoisotopic (exact) mass is 613 g/mol. The van der Waals surface area contributed by atoms with Crippen molar-refractivity contribution in [2.75, 3.05) is 33.4 Å². The molecule has 0 N–H and O–H groups in total. The second kappa shape index (κ2) is 13.1. The Bertz CT molecular complexity index is 1790. The number of ether oxygens (including phenoxy) is 1. The van der Waals surface area contributed by atoms with Crippen LogP contribution < -0.4 is 0 Å². The molecule has 1 fully saturated rings. The molecule has 0 saturated carbocycles. The molecule has 5 rings (SSSR count). The minimum atomic E-state index is -3.73. The van der Waals surface area contributed by atoms with Crippen LogP contribution in [0.1, 0.15) is 38.7 Å². The molecule has 10 nitrogen and oxygen atoms in total. The molecule has 0 bridgehead atoms. The Balaban J connectivity index is 1.63. The van der Waals surface area contributed by atoms with Crippen molar-refractivity contribution < 1.29 is 22.7 Å². The third-order valence-electron chi connectivity index (χ3n) is 7.98. The smallest absolute Gasteiger partial charge is 0.271 e. The summed E-state index contributed by atoms with van der Waals surface area (Å²) in [6.45, 7) is 5.05. The predicted octanol–water partition coefficient (Wildman–Crippen LogP) is 4.59. The number of rotatable bonds is 9. The van der Waals surface area contributed by atoms with E-state index in [9.17, 15) is 23.3 Å². The Morgan fingerprint density at radius 1 is 1.11 bits per heavy atom. The minimum Gasteiger partial charge on any atom is -0.385 e. The number of amides is 2. The van der Waals surface area contributed by atoms with Crippen LogP contribution in [0.5, 0.6) is 0 Å². The molecule has 0 radical (unpaired) electrons. The Labute approximate surface area is 257 Å². The third-order valence-corrected chi connectivity index (χ3v) is 9.84. The topological polar surface area (TPSA) is 126 Å². The molecule has 3 aromatic rings. The van der Waals surface area contributed by atoms with Gasteiger partial charge >= 0.3 is 0 Å². The lowest BCUT2D eigenvalue weighted by atomic mass is 9.93. The number of aromatic nitrogens is 2. The van der Waals surface area contributed by atoms with E-state index in [4.69, 9.17) is 9.84 Å². The quantitative estimate of drug-likeness (QED) is 0.196. The fraction of sp³-hybridized carbons (Fsp3) is 0.333. The Hall–Kier alpha value is -4.37. The summed E-state index contributed by atoms with van der Waals surface area (Å²) >= 11 is 0. The predicted molar refractivity (Wildman–Crippen MR) is 166 cm³/mol. The molecule has 228 valence electrons. The SMILES string of the molecule is COCCCN1C(=O)C(C#N)=C(C)/C(=C\c2cn(-c3ccccc3)nc2-c2cccc(S(=O)(=O)N3CCCC(C)C3)c2)C1=O. The fourth-order valence-electron chi connectivity index (χ4n) is 5.60. The van der Waals surface area contributed by atoms with Crippen LogP contribution in [0.4, 0.5) is 0 Å². The van der Waals surface area contributed by atoms with Gasteiger partial charge in [-0.05, 0) is 68.0 Å². The maximum Gasteiger partial charge on any atom is 0.271 e. The third kappa shape index (κ3) is 6.15. The van der Waals surface area contributed by atoms with E-state index in [1.54, 1.807) is 52.4 Å². The van der Waals surface area contributed by atoms with Crippen molar-refractivity contribution in [1.82, 2.24) is 19.0 Å². The first kappa shape index (κ1) is 31.1. The van der Waals surface area contributed by atoms with Crippen molar-refractivity contribution in [3.63, 3.8) is 0 Å². The van der Waals surface area contributed by atoms with Crippen LogP contribution in [0, 0.1) is 17.2 Å². The van der Waals surface area contributed by atoms with Gasteiger partial charge in [-0.2, -0.15) is 14.7 Å². The van der Waals surface area contributed by atoms with Crippen LogP contribution >= 0.6 is 0 Å². The van der Waals surface area contributed by atoms with E-state index in [-0.39, 0.29) is 34.1 Å². The van der Waals surface area contributed by atoms with Gasteiger partial charge in [-0.1, -0.05) is 37.3 Å². The summed E-state index contributed by atoms with van der Waals surface area (Å²) in [5.74, 6) is -0.866. The molecule has 2 aliphatic rings. The number of piperidine rings is 1. The van der Waals surface area contributed by atoms with Crippen molar-refractivity contribution >= 4 is 27.9 Å². The molecule has 1 saturated heterocycles. The van der Waals surface area contributed by atoms with Crippen molar-refractivity contribution in [3.05, 3.63) is 83.1 Å². The van der Waals surface area contributed by atoms with Crippen LogP contribution in [0.2, 0.25) is 0 Å². The number of hydrogen-bond donors (Lipinski definition) is 0. The van der Waals surface area contributed by atoms with Gasteiger partial charge in [-0.25, -0.2) is 13.1 Å². The first-order chi connectivity index (χ1) is 21.1. The summed E-state index contributed by atoms with van der Waals surface area (Å²) in [7, 11) is -2.20. The number of nitriles is 1. The molecule has 1 unspecified atom stereocenters. The van der Waals surface area contributed by atoms with Gasteiger partial charge in [-0.3, -0.25) is 14.5 Å². The summed E-state index contributed by atoms with van der Waals surface area (Å²) in [6, 6.07) is 18.0. The molecule has 44 heavy (non-hydrogen) atoms. The van der Waals surface area contributed by atoms with Gasteiger partial charge in [0.25, 0.3) is 11.8 Å². The Morgan fingerprint density at radius 3 is 2.59 bits per heavy atom. The van der Waals surface area contributed by atoms with Crippen molar-refractivity contribution in [1.29, 1.82) is 5.26 Å². The van der Waals surface area contributed by atoms with Crippen LogP contribution in [0.15, 0.2) is 82.4 Å². The molecule has 1 atom stereocenters. The standard InChI is InChI=1S/C33H35N5O5S/c1-23-10-8-15-36(21-23)44(41,42)28-14-7-11-25(18-28)31-26(22-38(35-31)27-12-5-4-6-13-27)19-29-24(2)30(20-34)33(40)37(32(29)39)16-9-17-43-3/h4-7,11-14,18-19,22-23H,8-10,15-17,21H2,1-3H3/b29-19+. The van der Waals surface area contributed by atoms with Gasteiger partial charge in [-0.15, -0.1) is 0 Å². The first-order valence-electron chi connectivity index (χ1n) is 14.6. The highest BCUT2D eigenvalue weighted by molar-refractivity contribution is 7.89. The zero-order valence-corrected chi connectivity index (χ0v) is 25.9. The number of sulfonamides is 1. The van der Waals surface area contributed by atoms with Gasteiger partial charge < -0.3 is 4.74 Å². The number of methoxy groups -OCH3 is 1. The zero-order chi connectivity index (χ0) is 31.4. The average molecular weight is 614 g/mol. The molecule has 0 aliphatic carbocycles. The molecule has 1 aromatic heterocycles. The van der Waals surface area contributed by atoms with Gasteiger partial charge in [0.2, 0.25) is 10.0 Å². The van der Waals surface area contributed by atoms with E-state index in [0.29, 0.717) is 42.9 Å². The normalized spacial score (nSPS) is 19.1. The fourth-order valence-corrected chi connectivity index (χ4v) is 7.25. The number of carbonyl (C=O) groups excluding carboxylic acids is 2. The lowest BCUT2D eigenvalue weighted by Crippen LogP contribution is -2.43. The van der Waals surface area contributed by atoms with E-state index in [0.717, 1.165) is 23.4 Å². The van der Waals surface area contributed by atoms with E-state index < -0.39 is 21.8 Å². The maximum absolute atomic E-state index is 13.7. The summed E-state index contributed by atoms with van der Waals surface area (Å²) in [5.41, 5.74) is 2.66. The summed E-state index contributed by atoms with van der Waals surface area (Å²) in [4.78, 5) is 27.9. The average Bonchev–Trinajstić information content (AvgIpc) is 3.46. The van der Waals surface area contributed by atoms with E-state index in [1.807, 2.05) is 36.4 Å². The highest BCUT2D eigenvalue weighted by Crippen LogP contribution is 2.33. The molecule has 2 aliphatic heterocycles. The molecular weight excluding hydrogens is 578 g/mol. The maximum atomic E-state index is 13.7. The highest BCUT2D eigenvalue weighted by Gasteiger charge is 2.35. The number of imide groups is 1. The number of nitrogens with zero attached hydrogens (tertiary/aromatic N) is 5. The number of hydrogen-bond acceptors (Lipinski definition) is 7. The summed E-state index contributed by atoms with van der Waals surface area (Å²) in [5, 5.41) is 14.6. The highest BCUT2D eigenvalue weighted by atomic mass is 32.2. The first-order valence-corrected chi connectivity index (χ1v) is 16.0. The van der Waals surface area contributed by atoms with Crippen LogP contribution in [-0.2, 0) is 24.3 Å². The molecule has 2 amide bonds. The van der Waals surface area contributed by atoms with Gasteiger partial charge in [0, 0.05) is 56.2 Å². The largest absolute Gasteiger partial charge is 0.385 e. The lowest BCUT2D eigenvalue weighted by molar-refractivity contribution is -0.140. The van der Waals surface area contributed by atoms with E-state index >= 15 is 0 Å². The van der Waals surface area contributed by atoms with Crippen LogP contribution in [0.3, 0.4) is 0 Å². The van der Waals surface area contributed by atoms with Gasteiger partial charge in [0.15, 0.2) is 0 Å². The number of para-hydroxylation sites is 1. The number of carbonyl (C=O) groups is 2. The lowest BCUT2D eigenvalue weighted by Gasteiger charge is -2.30. The molecule has 3 heterocycles. The van der Waals surface area contributed by atoms with Crippen LogP contribution in [0.25, 0.3) is 23.0 Å². The molecule has 0 spiro atoms. The van der Waals surface area contributed by atoms with E-state index in [1.165, 1.54) is 7.11 Å².